The van der Waals surface area contributed by atoms with Gasteiger partial charge in [0.25, 0.3) is 5.91 Å². The van der Waals surface area contributed by atoms with E-state index in [9.17, 15) is 4.79 Å². The lowest BCUT2D eigenvalue weighted by Gasteiger charge is -2.37. The van der Waals surface area contributed by atoms with Gasteiger partial charge in [-0.05, 0) is 25.0 Å². The molecule has 1 atom stereocenters. The molecule has 1 spiro atoms. The number of para-hydroxylation sites is 2. The van der Waals surface area contributed by atoms with Crippen molar-refractivity contribution in [1.82, 2.24) is 15.1 Å². The van der Waals surface area contributed by atoms with E-state index in [0.29, 0.717) is 12.6 Å². The van der Waals surface area contributed by atoms with Gasteiger partial charge in [-0.2, -0.15) is 0 Å². The van der Waals surface area contributed by atoms with E-state index in [1.807, 2.05) is 43.3 Å². The number of carbonyl (C=O) groups excluding carboxylic acids is 1. The van der Waals surface area contributed by atoms with Crippen LogP contribution in [0.2, 0.25) is 0 Å². The Kier molecular flexibility index (Phi) is 4.03. The van der Waals surface area contributed by atoms with Gasteiger partial charge in [0.15, 0.2) is 11.5 Å². The van der Waals surface area contributed by atoms with Crippen LogP contribution in [0.3, 0.4) is 0 Å². The highest BCUT2D eigenvalue weighted by atomic mass is 16.6. The normalized spacial score (nSPS) is 24.8. The molecule has 1 fully saturated rings. The molecule has 7 nitrogen and oxygen atoms in total. The first-order valence-electron chi connectivity index (χ1n) is 8.75. The topological polar surface area (TPSA) is 66.4 Å². The second-order valence-corrected chi connectivity index (χ2v) is 7.11. The lowest BCUT2D eigenvalue weighted by atomic mass is 9.88. The summed E-state index contributed by atoms with van der Waals surface area (Å²) < 4.78 is 11.8. The van der Waals surface area contributed by atoms with E-state index in [1.54, 1.807) is 0 Å². The quantitative estimate of drug-likeness (QED) is 0.856. The summed E-state index contributed by atoms with van der Waals surface area (Å²) in [6, 6.07) is 7.76. The summed E-state index contributed by atoms with van der Waals surface area (Å²) in [4.78, 5) is 21.2. The number of nitrogens with one attached hydrogen (secondary N) is 1. The zero-order valence-corrected chi connectivity index (χ0v) is 14.7. The van der Waals surface area contributed by atoms with Crippen LogP contribution in [0.1, 0.15) is 12.8 Å². The van der Waals surface area contributed by atoms with E-state index < -0.39 is 5.54 Å². The fourth-order valence-corrected chi connectivity index (χ4v) is 3.60. The van der Waals surface area contributed by atoms with E-state index in [-0.39, 0.29) is 12.0 Å². The average Bonchev–Trinajstić information content (AvgIpc) is 2.94. The van der Waals surface area contributed by atoms with Crippen LogP contribution >= 0.6 is 0 Å². The fraction of sp³-hybridized carbons (Fsp3) is 0.556. The standard InChI is InChI=1S/C18H24N4O3/c1-21(2)17-19-16(23)18(20-17)7-9-22(10-8-18)11-13-12-24-14-5-3-4-6-15(14)25-13/h3-6,13H,7-12H2,1-2H3,(H,19,20,23)/t13-/m1/s1. The Labute approximate surface area is 147 Å². The molecule has 7 heteroatoms. The number of carbonyl (C=O) groups is 1. The summed E-state index contributed by atoms with van der Waals surface area (Å²) in [6.07, 6.45) is 1.49. The number of amides is 1. The van der Waals surface area contributed by atoms with Crippen LogP contribution in [-0.2, 0) is 4.79 Å². The van der Waals surface area contributed by atoms with Crippen molar-refractivity contribution in [2.45, 2.75) is 24.5 Å². The van der Waals surface area contributed by atoms with Crippen LogP contribution in [0, 0.1) is 0 Å². The maximum atomic E-state index is 12.4. The summed E-state index contributed by atoms with van der Waals surface area (Å²) >= 11 is 0. The predicted octanol–water partition coefficient (Wildman–Crippen LogP) is 0.708. The number of rotatable bonds is 2. The van der Waals surface area contributed by atoms with Crippen molar-refractivity contribution >= 4 is 11.9 Å². The number of nitrogens with zero attached hydrogens (tertiary/aromatic N) is 3. The molecule has 0 bridgehead atoms. The smallest absolute Gasteiger partial charge is 0.254 e. The van der Waals surface area contributed by atoms with Crippen molar-refractivity contribution in [2.24, 2.45) is 4.99 Å². The highest BCUT2D eigenvalue weighted by molar-refractivity contribution is 6.07. The Morgan fingerprint density at radius 3 is 2.68 bits per heavy atom. The minimum atomic E-state index is -0.591. The molecule has 1 aromatic carbocycles. The summed E-state index contributed by atoms with van der Waals surface area (Å²) in [6.45, 7) is 3.02. The molecule has 25 heavy (non-hydrogen) atoms. The number of aliphatic imine (C=N–C) groups is 1. The van der Waals surface area contributed by atoms with Gasteiger partial charge in [0.1, 0.15) is 18.2 Å². The number of piperidine rings is 1. The first kappa shape index (κ1) is 16.2. The highest BCUT2D eigenvalue weighted by Gasteiger charge is 2.46. The van der Waals surface area contributed by atoms with Gasteiger partial charge in [-0.15, -0.1) is 0 Å². The monoisotopic (exact) mass is 344 g/mol. The lowest BCUT2D eigenvalue weighted by Crippen LogP contribution is -2.51. The molecule has 0 radical (unpaired) electrons. The molecule has 0 saturated carbocycles. The summed E-state index contributed by atoms with van der Waals surface area (Å²) in [5.41, 5.74) is -0.591. The van der Waals surface area contributed by atoms with Gasteiger partial charge in [-0.1, -0.05) is 12.1 Å². The number of likely N-dealkylation sites (tertiary alicyclic amines) is 1. The first-order chi connectivity index (χ1) is 12.1. The minimum Gasteiger partial charge on any atom is -0.486 e. The minimum absolute atomic E-state index is 0.0159. The summed E-state index contributed by atoms with van der Waals surface area (Å²) in [5.74, 6) is 2.31. The van der Waals surface area contributed by atoms with E-state index in [0.717, 1.165) is 44.0 Å². The third-order valence-corrected chi connectivity index (χ3v) is 5.10. The molecule has 0 aromatic heterocycles. The number of hydrogen-bond donors (Lipinski definition) is 1. The van der Waals surface area contributed by atoms with Gasteiger partial charge in [-0.3, -0.25) is 15.0 Å². The second kappa shape index (κ2) is 6.22. The molecular formula is C18H24N4O3. The van der Waals surface area contributed by atoms with Crippen LogP contribution in [0.4, 0.5) is 0 Å². The molecule has 3 heterocycles. The van der Waals surface area contributed by atoms with Crippen LogP contribution in [0.25, 0.3) is 0 Å². The predicted molar refractivity (Wildman–Crippen MR) is 94.0 cm³/mol. The van der Waals surface area contributed by atoms with Crippen LogP contribution in [0.15, 0.2) is 29.3 Å². The summed E-state index contributed by atoms with van der Waals surface area (Å²) in [5, 5.41) is 2.89. The lowest BCUT2D eigenvalue weighted by molar-refractivity contribution is -0.125. The Morgan fingerprint density at radius 2 is 2.00 bits per heavy atom. The Balaban J connectivity index is 1.35. The summed E-state index contributed by atoms with van der Waals surface area (Å²) in [7, 11) is 3.79. The molecule has 1 N–H and O–H groups in total. The molecule has 1 saturated heterocycles. The molecule has 3 aliphatic rings. The molecule has 0 unspecified atom stereocenters. The van der Waals surface area contributed by atoms with Crippen LogP contribution < -0.4 is 14.8 Å². The van der Waals surface area contributed by atoms with E-state index in [2.05, 4.69) is 15.2 Å². The number of fused-ring (bicyclic) bond motifs is 1. The largest absolute Gasteiger partial charge is 0.486 e. The SMILES string of the molecule is CN(C)C1=NC2(CCN(C[C@@H]3COc4ccccc4O3)CC2)C(=O)N1. The fourth-order valence-electron chi connectivity index (χ4n) is 3.60. The number of benzene rings is 1. The molecule has 0 aliphatic carbocycles. The molecular weight excluding hydrogens is 320 g/mol. The maximum Gasteiger partial charge on any atom is 0.254 e. The zero-order chi connectivity index (χ0) is 17.4. The molecule has 1 aromatic rings. The van der Waals surface area contributed by atoms with Crippen molar-refractivity contribution in [1.29, 1.82) is 0 Å². The third-order valence-electron chi connectivity index (χ3n) is 5.10. The van der Waals surface area contributed by atoms with Gasteiger partial charge in [0.2, 0.25) is 5.96 Å². The Bertz CT molecular complexity index is 695. The van der Waals surface area contributed by atoms with Crippen molar-refractivity contribution in [2.75, 3.05) is 40.3 Å². The average molecular weight is 344 g/mol. The van der Waals surface area contributed by atoms with E-state index in [4.69, 9.17) is 9.47 Å². The number of ether oxygens (including phenoxy) is 2. The van der Waals surface area contributed by atoms with Gasteiger partial charge in [0.05, 0.1) is 0 Å². The zero-order valence-electron chi connectivity index (χ0n) is 14.7. The molecule has 4 rings (SSSR count). The van der Waals surface area contributed by atoms with Crippen molar-refractivity contribution in [3.05, 3.63) is 24.3 Å². The van der Waals surface area contributed by atoms with E-state index >= 15 is 0 Å². The van der Waals surface area contributed by atoms with Gasteiger partial charge in [0, 0.05) is 33.7 Å². The molecule has 1 amide bonds. The Morgan fingerprint density at radius 1 is 1.28 bits per heavy atom. The van der Waals surface area contributed by atoms with Crippen LogP contribution in [-0.4, -0.2) is 73.6 Å². The van der Waals surface area contributed by atoms with Gasteiger partial charge >= 0.3 is 0 Å². The first-order valence-corrected chi connectivity index (χ1v) is 8.75. The van der Waals surface area contributed by atoms with Gasteiger partial charge in [-0.25, -0.2) is 4.99 Å². The highest BCUT2D eigenvalue weighted by Crippen LogP contribution is 2.33. The van der Waals surface area contributed by atoms with Crippen molar-refractivity contribution < 1.29 is 14.3 Å². The van der Waals surface area contributed by atoms with Crippen molar-refractivity contribution in [3.8, 4) is 11.5 Å². The van der Waals surface area contributed by atoms with Gasteiger partial charge < -0.3 is 14.4 Å². The van der Waals surface area contributed by atoms with E-state index in [1.165, 1.54) is 0 Å². The second-order valence-electron chi connectivity index (χ2n) is 7.11. The molecule has 3 aliphatic heterocycles. The number of guanidine groups is 1. The third kappa shape index (κ3) is 3.04. The maximum absolute atomic E-state index is 12.4. The Hall–Kier alpha value is -2.28. The molecule has 134 valence electrons. The number of hydrogen-bond acceptors (Lipinski definition) is 6. The van der Waals surface area contributed by atoms with Crippen molar-refractivity contribution in [3.63, 3.8) is 0 Å². The van der Waals surface area contributed by atoms with Crippen LogP contribution in [0.5, 0.6) is 11.5 Å².